The van der Waals surface area contributed by atoms with Crippen LogP contribution in [-0.4, -0.2) is 23.9 Å². The van der Waals surface area contributed by atoms with Crippen molar-refractivity contribution in [1.29, 1.82) is 0 Å². The third-order valence-electron chi connectivity index (χ3n) is 3.50. The number of ether oxygens (including phenoxy) is 1. The monoisotopic (exact) mass is 311 g/mol. The van der Waals surface area contributed by atoms with E-state index in [2.05, 4.69) is 10.3 Å². The predicted octanol–water partition coefficient (Wildman–Crippen LogP) is 2.26. The maximum atomic E-state index is 12.5. The van der Waals surface area contributed by atoms with Gasteiger partial charge in [0.05, 0.1) is 5.02 Å². The van der Waals surface area contributed by atoms with Crippen LogP contribution in [0, 0.1) is 5.92 Å². The van der Waals surface area contributed by atoms with E-state index >= 15 is 0 Å². The standard InChI is InChI=1S/C15H19ClN2O3/c1-10(2)7-15(6-5-14(20)21-15)12(19)9-18-13-4-3-11(16)8-17-13/h3-4,8,10H,5-7,9H2,1-2H3,(H,17,18)/p+1/t15-/m0/s1. The number of carbonyl (C=O) groups excluding carboxylic acids is 2. The molecule has 6 heteroatoms. The van der Waals surface area contributed by atoms with E-state index in [1.54, 1.807) is 18.3 Å². The molecule has 21 heavy (non-hydrogen) atoms. The minimum atomic E-state index is -0.968. The number of ketones is 1. The van der Waals surface area contributed by atoms with Gasteiger partial charge in [-0.15, -0.1) is 0 Å². The van der Waals surface area contributed by atoms with Crippen LogP contribution in [0.1, 0.15) is 33.1 Å². The summed E-state index contributed by atoms with van der Waals surface area (Å²) in [7, 11) is 0. The van der Waals surface area contributed by atoms with Crippen molar-refractivity contribution < 1.29 is 19.3 Å². The van der Waals surface area contributed by atoms with E-state index in [-0.39, 0.29) is 24.2 Å². The smallest absolute Gasteiger partial charge is 0.306 e. The maximum Gasteiger partial charge on any atom is 0.306 e. The van der Waals surface area contributed by atoms with Gasteiger partial charge in [-0.1, -0.05) is 25.4 Å². The number of esters is 1. The minimum absolute atomic E-state index is 0.0922. The van der Waals surface area contributed by atoms with Gasteiger partial charge >= 0.3 is 5.97 Å². The molecule has 5 nitrogen and oxygen atoms in total. The van der Waals surface area contributed by atoms with Gasteiger partial charge in [-0.25, -0.2) is 4.98 Å². The number of nitrogens with one attached hydrogen (secondary N) is 2. The Hall–Kier alpha value is -1.62. The number of anilines is 1. The van der Waals surface area contributed by atoms with Crippen molar-refractivity contribution in [1.82, 2.24) is 0 Å². The zero-order chi connectivity index (χ0) is 15.5. The Morgan fingerprint density at radius 1 is 1.52 bits per heavy atom. The van der Waals surface area contributed by atoms with Crippen molar-refractivity contribution in [2.75, 3.05) is 11.9 Å². The Balaban J connectivity index is 2.02. The number of rotatable bonds is 6. The van der Waals surface area contributed by atoms with E-state index in [1.807, 2.05) is 13.8 Å². The van der Waals surface area contributed by atoms with Crippen molar-refractivity contribution in [3.63, 3.8) is 0 Å². The topological polar surface area (TPSA) is 69.5 Å². The molecule has 1 saturated heterocycles. The zero-order valence-electron chi connectivity index (χ0n) is 12.2. The van der Waals surface area contributed by atoms with Crippen LogP contribution in [0.4, 0.5) is 5.82 Å². The first-order valence-electron chi connectivity index (χ1n) is 7.07. The normalized spacial score (nSPS) is 21.4. The molecule has 1 aromatic heterocycles. The highest BCUT2D eigenvalue weighted by atomic mass is 35.5. The number of aromatic nitrogens is 1. The molecule has 2 rings (SSSR count). The number of H-pyrrole nitrogens is 1. The molecule has 0 bridgehead atoms. The lowest BCUT2D eigenvalue weighted by atomic mass is 9.86. The third-order valence-corrected chi connectivity index (χ3v) is 3.74. The maximum absolute atomic E-state index is 12.5. The van der Waals surface area contributed by atoms with Crippen LogP contribution in [0.15, 0.2) is 18.3 Å². The lowest BCUT2D eigenvalue weighted by Gasteiger charge is -2.27. The largest absolute Gasteiger partial charge is 0.451 e. The molecule has 0 spiro atoms. The Bertz CT molecular complexity index is 530. The molecule has 2 heterocycles. The molecule has 0 saturated carbocycles. The highest BCUT2D eigenvalue weighted by molar-refractivity contribution is 6.30. The quantitative estimate of drug-likeness (QED) is 0.818. The van der Waals surface area contributed by atoms with Crippen molar-refractivity contribution in [2.24, 2.45) is 5.92 Å². The number of hydrogen-bond acceptors (Lipinski definition) is 4. The van der Waals surface area contributed by atoms with Crippen molar-refractivity contribution in [3.05, 3.63) is 23.4 Å². The first-order valence-corrected chi connectivity index (χ1v) is 7.45. The molecule has 1 atom stereocenters. The SMILES string of the molecule is CC(C)C[C@]1(C(=O)CNc2ccc(Cl)c[nH+]2)CCC(=O)O1. The molecule has 1 aromatic rings. The summed E-state index contributed by atoms with van der Waals surface area (Å²) in [4.78, 5) is 26.9. The number of hydrogen-bond donors (Lipinski definition) is 1. The van der Waals surface area contributed by atoms with Gasteiger partial charge in [-0.05, 0) is 18.4 Å². The fourth-order valence-corrected chi connectivity index (χ4v) is 2.71. The molecule has 1 aliphatic heterocycles. The van der Waals surface area contributed by atoms with Crippen LogP contribution in [-0.2, 0) is 14.3 Å². The summed E-state index contributed by atoms with van der Waals surface area (Å²) in [6.45, 7) is 4.14. The van der Waals surface area contributed by atoms with Crippen LogP contribution in [0.5, 0.6) is 0 Å². The molecule has 0 radical (unpaired) electrons. The highest BCUT2D eigenvalue weighted by Crippen LogP contribution is 2.33. The second-order valence-electron chi connectivity index (χ2n) is 5.76. The van der Waals surface area contributed by atoms with Crippen LogP contribution < -0.4 is 10.3 Å². The van der Waals surface area contributed by atoms with E-state index in [0.717, 1.165) is 0 Å². The second kappa shape index (κ2) is 6.43. The van der Waals surface area contributed by atoms with E-state index in [1.165, 1.54) is 0 Å². The summed E-state index contributed by atoms with van der Waals surface area (Å²) < 4.78 is 5.37. The van der Waals surface area contributed by atoms with Crippen LogP contribution >= 0.6 is 11.6 Å². The number of Topliss-reactive ketones (excluding diaryl/α,β-unsaturated/α-hetero) is 1. The van der Waals surface area contributed by atoms with Gasteiger partial charge < -0.3 is 4.74 Å². The van der Waals surface area contributed by atoms with Crippen molar-refractivity contribution in [2.45, 2.75) is 38.7 Å². The number of cyclic esters (lactones) is 1. The van der Waals surface area contributed by atoms with Gasteiger partial charge in [0.1, 0.15) is 12.7 Å². The van der Waals surface area contributed by atoms with Gasteiger partial charge in [-0.3, -0.25) is 14.9 Å². The van der Waals surface area contributed by atoms with E-state index in [4.69, 9.17) is 16.3 Å². The van der Waals surface area contributed by atoms with Gasteiger partial charge in [0.25, 0.3) is 5.82 Å². The van der Waals surface area contributed by atoms with E-state index < -0.39 is 5.60 Å². The molecule has 1 fully saturated rings. The molecule has 0 aliphatic carbocycles. The predicted molar refractivity (Wildman–Crippen MR) is 79.0 cm³/mol. The molecule has 0 amide bonds. The van der Waals surface area contributed by atoms with Gasteiger partial charge in [0.15, 0.2) is 5.60 Å². The van der Waals surface area contributed by atoms with Gasteiger partial charge in [0.2, 0.25) is 5.78 Å². The fourth-order valence-electron chi connectivity index (χ4n) is 2.59. The summed E-state index contributed by atoms with van der Waals surface area (Å²) in [6.07, 6.45) is 2.97. The molecule has 0 aromatic carbocycles. The Morgan fingerprint density at radius 3 is 2.81 bits per heavy atom. The summed E-state index contributed by atoms with van der Waals surface area (Å²) in [6, 6.07) is 3.48. The lowest BCUT2D eigenvalue weighted by molar-refractivity contribution is -0.360. The second-order valence-corrected chi connectivity index (χ2v) is 6.20. The van der Waals surface area contributed by atoms with E-state index in [9.17, 15) is 9.59 Å². The van der Waals surface area contributed by atoms with Gasteiger partial charge in [0, 0.05) is 18.9 Å². The van der Waals surface area contributed by atoms with Gasteiger partial charge in [-0.2, -0.15) is 0 Å². The average Bonchev–Trinajstić information content (AvgIpc) is 2.79. The summed E-state index contributed by atoms with van der Waals surface area (Å²) >= 11 is 5.79. The molecular weight excluding hydrogens is 292 g/mol. The number of halogens is 1. The Kier molecular flexibility index (Phi) is 4.83. The number of carbonyl (C=O) groups is 2. The van der Waals surface area contributed by atoms with Crippen molar-refractivity contribution >= 4 is 29.2 Å². The summed E-state index contributed by atoms with van der Waals surface area (Å²) in [5, 5.41) is 3.60. The zero-order valence-corrected chi connectivity index (χ0v) is 13.0. The molecular formula is C15H20ClN2O3+. The first-order chi connectivity index (χ1) is 9.91. The Labute approximate surface area is 129 Å². The molecule has 0 unspecified atom stereocenters. The molecule has 1 aliphatic rings. The van der Waals surface area contributed by atoms with Crippen molar-refractivity contribution in [3.8, 4) is 0 Å². The summed E-state index contributed by atoms with van der Waals surface area (Å²) in [5.74, 6) is 0.589. The van der Waals surface area contributed by atoms with Crippen LogP contribution in [0.3, 0.4) is 0 Å². The van der Waals surface area contributed by atoms with E-state index in [0.29, 0.717) is 30.1 Å². The third kappa shape index (κ3) is 3.94. The van der Waals surface area contributed by atoms with Crippen LogP contribution in [0.2, 0.25) is 5.02 Å². The molecule has 114 valence electrons. The molecule has 2 N–H and O–H groups in total. The highest BCUT2D eigenvalue weighted by Gasteiger charge is 2.47. The number of pyridine rings is 1. The minimum Gasteiger partial charge on any atom is -0.451 e. The Morgan fingerprint density at radius 2 is 2.29 bits per heavy atom. The summed E-state index contributed by atoms with van der Waals surface area (Å²) in [5.41, 5.74) is -0.968. The number of aromatic amines is 1. The average molecular weight is 312 g/mol. The first kappa shape index (κ1) is 15.8. The van der Waals surface area contributed by atoms with Crippen LogP contribution in [0.25, 0.3) is 0 Å². The fraction of sp³-hybridized carbons (Fsp3) is 0.533. The lowest BCUT2D eigenvalue weighted by Crippen LogP contribution is -2.43.